The zero-order chi connectivity index (χ0) is 23.7. The van der Waals surface area contributed by atoms with Crippen molar-refractivity contribution in [2.45, 2.75) is 32.0 Å². The lowest BCUT2D eigenvalue weighted by Gasteiger charge is -2.24. The third-order valence-electron chi connectivity index (χ3n) is 6.01. The van der Waals surface area contributed by atoms with Gasteiger partial charge in [0.05, 0.1) is 17.4 Å². The summed E-state index contributed by atoms with van der Waals surface area (Å²) >= 11 is 12.3. The number of carbonyl (C=O) groups excluding carboxylic acids is 1. The van der Waals surface area contributed by atoms with Gasteiger partial charge >= 0.3 is 0 Å². The Morgan fingerprint density at radius 1 is 1.03 bits per heavy atom. The number of para-hydroxylation sites is 1. The molecule has 2 aliphatic heterocycles. The molecule has 2 heterocycles. The van der Waals surface area contributed by atoms with Crippen molar-refractivity contribution in [2.24, 2.45) is 9.98 Å². The van der Waals surface area contributed by atoms with E-state index in [1.807, 2.05) is 48.5 Å². The van der Waals surface area contributed by atoms with Gasteiger partial charge in [-0.25, -0.2) is 0 Å². The molecule has 0 aliphatic carbocycles. The summed E-state index contributed by atoms with van der Waals surface area (Å²) in [7, 11) is 0. The minimum absolute atomic E-state index is 0. The highest BCUT2D eigenvalue weighted by molar-refractivity contribution is 6.35. The van der Waals surface area contributed by atoms with E-state index < -0.39 is 6.17 Å². The molecule has 0 radical (unpaired) electrons. The second kappa shape index (κ2) is 10.8. The number of aliphatic imine (C=N–C) groups is 2. The maximum atomic E-state index is 13.0. The molecule has 0 saturated heterocycles. The van der Waals surface area contributed by atoms with Crippen molar-refractivity contribution in [1.29, 1.82) is 0 Å². The van der Waals surface area contributed by atoms with Crippen molar-refractivity contribution >= 4 is 58.8 Å². The van der Waals surface area contributed by atoms with Crippen LogP contribution in [-0.2, 0) is 11.2 Å². The molecule has 0 bridgehead atoms. The van der Waals surface area contributed by atoms with Gasteiger partial charge in [0.1, 0.15) is 5.84 Å². The Hall–Kier alpha value is -2.86. The molecule has 3 aromatic rings. The van der Waals surface area contributed by atoms with Gasteiger partial charge in [-0.3, -0.25) is 14.8 Å². The SMILES string of the molecule is C[C@H]1CN2C(=N1)C(NC(=O)CCc1ccc(Cl)cc1Cl)N=C(c1ccccc1)c1ccccc12.Cl. The second-order valence-corrected chi connectivity index (χ2v) is 9.36. The first-order chi connectivity index (χ1) is 16.5. The zero-order valence-corrected chi connectivity index (χ0v) is 21.4. The van der Waals surface area contributed by atoms with Crippen LogP contribution in [0.5, 0.6) is 0 Å². The number of hydrogen-bond acceptors (Lipinski definition) is 4. The average Bonchev–Trinajstić information content (AvgIpc) is 3.18. The average molecular weight is 528 g/mol. The summed E-state index contributed by atoms with van der Waals surface area (Å²) in [5.74, 6) is 0.657. The summed E-state index contributed by atoms with van der Waals surface area (Å²) in [6.45, 7) is 2.82. The number of amides is 1. The molecule has 8 heteroatoms. The van der Waals surface area contributed by atoms with Crippen molar-refractivity contribution in [3.8, 4) is 0 Å². The Kier molecular flexibility index (Phi) is 7.80. The first-order valence-corrected chi connectivity index (χ1v) is 12.1. The first kappa shape index (κ1) is 25.2. The molecule has 0 aromatic heterocycles. The molecule has 1 amide bonds. The van der Waals surface area contributed by atoms with Gasteiger partial charge in [-0.1, -0.05) is 77.8 Å². The van der Waals surface area contributed by atoms with E-state index in [2.05, 4.69) is 29.3 Å². The van der Waals surface area contributed by atoms with Gasteiger partial charge in [0.2, 0.25) is 5.91 Å². The lowest BCUT2D eigenvalue weighted by atomic mass is 10.0. The summed E-state index contributed by atoms with van der Waals surface area (Å²) in [6, 6.07) is 23.7. The third kappa shape index (κ3) is 5.37. The van der Waals surface area contributed by atoms with E-state index in [0.29, 0.717) is 16.5 Å². The van der Waals surface area contributed by atoms with Crippen LogP contribution in [0.1, 0.15) is 30.0 Å². The third-order valence-corrected chi connectivity index (χ3v) is 6.60. The van der Waals surface area contributed by atoms with E-state index in [1.54, 1.807) is 12.1 Å². The lowest BCUT2D eigenvalue weighted by Crippen LogP contribution is -2.45. The first-order valence-electron chi connectivity index (χ1n) is 11.3. The summed E-state index contributed by atoms with van der Waals surface area (Å²) < 4.78 is 0. The van der Waals surface area contributed by atoms with Crippen molar-refractivity contribution < 1.29 is 4.79 Å². The van der Waals surface area contributed by atoms with Crippen LogP contribution in [0.3, 0.4) is 0 Å². The van der Waals surface area contributed by atoms with Crippen LogP contribution < -0.4 is 10.2 Å². The van der Waals surface area contributed by atoms with Gasteiger partial charge in [0, 0.05) is 34.1 Å². The maximum absolute atomic E-state index is 13.0. The Balaban J connectivity index is 0.00000289. The number of amidine groups is 1. The van der Waals surface area contributed by atoms with Crippen LogP contribution in [0, 0.1) is 0 Å². The highest BCUT2D eigenvalue weighted by Gasteiger charge is 2.35. The number of aryl methyl sites for hydroxylation is 1. The van der Waals surface area contributed by atoms with Crippen molar-refractivity contribution in [2.75, 3.05) is 11.4 Å². The highest BCUT2D eigenvalue weighted by atomic mass is 35.5. The minimum Gasteiger partial charge on any atom is -0.328 e. The standard InChI is InChI=1S/C27H24Cl2N4O.ClH/c1-17-16-33-23-10-6-5-9-21(23)25(19-7-3-2-4-8-19)32-26(27(33)30-17)31-24(34)14-12-18-11-13-20(28)15-22(18)29;/h2-11,13,15,17,26H,12,14,16H2,1H3,(H,31,34);1H/t17-,26?;/m0./s1. The van der Waals surface area contributed by atoms with Crippen molar-refractivity contribution in [1.82, 2.24) is 5.32 Å². The van der Waals surface area contributed by atoms with Crippen LogP contribution in [0.2, 0.25) is 10.0 Å². The number of carbonyl (C=O) groups is 1. The number of nitrogens with zero attached hydrogens (tertiary/aromatic N) is 3. The largest absolute Gasteiger partial charge is 0.328 e. The second-order valence-electron chi connectivity index (χ2n) is 8.51. The minimum atomic E-state index is -0.583. The maximum Gasteiger partial charge on any atom is 0.222 e. The summed E-state index contributed by atoms with van der Waals surface area (Å²) in [5.41, 5.74) is 4.80. The Labute approximate surface area is 221 Å². The Bertz CT molecular complexity index is 1290. The van der Waals surface area contributed by atoms with Gasteiger partial charge in [-0.2, -0.15) is 0 Å². The quantitative estimate of drug-likeness (QED) is 0.446. The molecule has 1 N–H and O–H groups in total. The van der Waals surface area contributed by atoms with Crippen molar-refractivity contribution in [3.05, 3.63) is 99.5 Å². The topological polar surface area (TPSA) is 57.1 Å². The fraction of sp³-hybridized carbons (Fsp3) is 0.222. The molecule has 0 saturated carbocycles. The highest BCUT2D eigenvalue weighted by Crippen LogP contribution is 2.31. The molecule has 5 rings (SSSR count). The van der Waals surface area contributed by atoms with E-state index >= 15 is 0 Å². The van der Waals surface area contributed by atoms with E-state index in [-0.39, 0.29) is 30.8 Å². The number of anilines is 1. The number of halogens is 3. The summed E-state index contributed by atoms with van der Waals surface area (Å²) in [6.07, 6.45) is 0.209. The monoisotopic (exact) mass is 526 g/mol. The molecule has 0 fully saturated rings. The molecule has 1 unspecified atom stereocenters. The zero-order valence-electron chi connectivity index (χ0n) is 19.1. The van der Waals surface area contributed by atoms with Crippen molar-refractivity contribution in [3.63, 3.8) is 0 Å². The molecule has 35 heavy (non-hydrogen) atoms. The van der Waals surface area contributed by atoms with Gasteiger partial charge in [0.15, 0.2) is 6.17 Å². The van der Waals surface area contributed by atoms with Crippen LogP contribution in [0.25, 0.3) is 0 Å². The van der Waals surface area contributed by atoms with Gasteiger partial charge in [0.25, 0.3) is 0 Å². The smallest absolute Gasteiger partial charge is 0.222 e. The van der Waals surface area contributed by atoms with E-state index in [9.17, 15) is 4.79 Å². The molecule has 3 aromatic carbocycles. The number of nitrogens with one attached hydrogen (secondary N) is 1. The fourth-order valence-electron chi connectivity index (χ4n) is 4.42. The fourth-order valence-corrected chi connectivity index (χ4v) is 4.92. The molecular formula is C27H25Cl3N4O. The normalized spacial score (nSPS) is 18.4. The molecular weight excluding hydrogens is 503 g/mol. The lowest BCUT2D eigenvalue weighted by molar-refractivity contribution is -0.121. The van der Waals surface area contributed by atoms with Crippen LogP contribution in [0.4, 0.5) is 5.69 Å². The van der Waals surface area contributed by atoms with Gasteiger partial charge in [-0.05, 0) is 37.1 Å². The van der Waals surface area contributed by atoms with Gasteiger partial charge in [-0.15, -0.1) is 12.4 Å². The number of hydrogen-bond donors (Lipinski definition) is 1. The van der Waals surface area contributed by atoms with Crippen LogP contribution in [-0.4, -0.2) is 36.2 Å². The predicted molar refractivity (Wildman–Crippen MR) is 147 cm³/mol. The number of fused-ring (bicyclic) bond motifs is 3. The van der Waals surface area contributed by atoms with Gasteiger partial charge < -0.3 is 10.2 Å². The number of benzene rings is 3. The van der Waals surface area contributed by atoms with Crippen LogP contribution >= 0.6 is 35.6 Å². The predicted octanol–water partition coefficient (Wildman–Crippen LogP) is 5.95. The van der Waals surface area contributed by atoms with E-state index in [4.69, 9.17) is 33.2 Å². The molecule has 2 atom stereocenters. The van der Waals surface area contributed by atoms with Crippen LogP contribution in [0.15, 0.2) is 82.8 Å². The number of rotatable bonds is 5. The van der Waals surface area contributed by atoms with E-state index in [0.717, 1.165) is 40.5 Å². The molecule has 5 nitrogen and oxygen atoms in total. The summed E-state index contributed by atoms with van der Waals surface area (Å²) in [5, 5.41) is 4.26. The van der Waals surface area contributed by atoms with E-state index in [1.165, 1.54) is 0 Å². The summed E-state index contributed by atoms with van der Waals surface area (Å²) in [4.78, 5) is 25.1. The molecule has 180 valence electrons. The Morgan fingerprint density at radius 3 is 2.54 bits per heavy atom. The molecule has 0 spiro atoms. The molecule has 2 aliphatic rings. The Morgan fingerprint density at radius 2 is 1.77 bits per heavy atom.